The monoisotopic (exact) mass is 437 g/mol. The topological polar surface area (TPSA) is 98.1 Å². The van der Waals surface area contributed by atoms with Crippen LogP contribution in [-0.2, 0) is 9.47 Å². The average Bonchev–Trinajstić information content (AvgIpc) is 3.09. The number of fused-ring (bicyclic) bond motifs is 1. The van der Waals surface area contributed by atoms with Gasteiger partial charge in [0, 0.05) is 26.3 Å². The number of amides is 2. The van der Waals surface area contributed by atoms with Gasteiger partial charge in [-0.05, 0) is 46.5 Å². The second-order valence-electron chi connectivity index (χ2n) is 8.46. The van der Waals surface area contributed by atoms with Crippen molar-refractivity contribution in [2.24, 2.45) is 0 Å². The van der Waals surface area contributed by atoms with Crippen LogP contribution < -0.4 is 10.2 Å². The van der Waals surface area contributed by atoms with Crippen molar-refractivity contribution in [1.82, 2.24) is 19.9 Å². The molecule has 1 aliphatic rings. The first kappa shape index (κ1) is 22.3. The number of aromatic nitrogens is 3. The van der Waals surface area contributed by atoms with Gasteiger partial charge in [-0.3, -0.25) is 9.69 Å². The number of halogens is 1. The van der Waals surface area contributed by atoms with E-state index in [9.17, 15) is 9.59 Å². The first-order chi connectivity index (χ1) is 14.1. The Hall–Kier alpha value is -2.39. The molecule has 2 heterocycles. The van der Waals surface area contributed by atoms with Crippen LogP contribution in [0.1, 0.15) is 56.8 Å². The second-order valence-corrected chi connectivity index (χ2v) is 8.85. The average molecular weight is 438 g/mol. The maximum atomic E-state index is 12.9. The number of nitrogens with one attached hydrogen (secondary N) is 1. The van der Waals surface area contributed by atoms with E-state index in [0.717, 1.165) is 25.7 Å². The largest absolute Gasteiger partial charge is 0.443 e. The lowest BCUT2D eigenvalue weighted by atomic mass is 9.92. The van der Waals surface area contributed by atoms with E-state index in [1.807, 2.05) is 0 Å². The molecule has 1 fully saturated rings. The number of ether oxygens (including phenoxy) is 2. The highest BCUT2D eigenvalue weighted by Crippen LogP contribution is 2.24. The summed E-state index contributed by atoms with van der Waals surface area (Å²) in [4.78, 5) is 30.9. The number of anilines is 1. The molecule has 0 aromatic carbocycles. The zero-order valence-electron chi connectivity index (χ0n) is 17.9. The summed E-state index contributed by atoms with van der Waals surface area (Å²) >= 11 is 6.19. The van der Waals surface area contributed by atoms with E-state index in [1.54, 1.807) is 34.9 Å². The summed E-state index contributed by atoms with van der Waals surface area (Å²) in [7, 11) is 3.24. The third-order valence-electron chi connectivity index (χ3n) is 4.97. The first-order valence-corrected chi connectivity index (χ1v) is 10.3. The summed E-state index contributed by atoms with van der Waals surface area (Å²) in [6.45, 7) is 5.34. The molecule has 10 heteroatoms. The SMILES string of the molecule is CO[C@@H]1CCCC(NC(=O)c2cnn3c(N(C)C(=O)OC(C)(C)C)cc(Cl)nc23)C1. The predicted molar refractivity (Wildman–Crippen MR) is 113 cm³/mol. The fourth-order valence-electron chi connectivity index (χ4n) is 3.49. The third-order valence-corrected chi connectivity index (χ3v) is 5.17. The van der Waals surface area contributed by atoms with Crippen molar-refractivity contribution >= 4 is 35.1 Å². The van der Waals surface area contributed by atoms with Crippen LogP contribution in [-0.4, -0.2) is 58.5 Å². The van der Waals surface area contributed by atoms with Crippen molar-refractivity contribution in [1.29, 1.82) is 0 Å². The van der Waals surface area contributed by atoms with E-state index < -0.39 is 11.7 Å². The lowest BCUT2D eigenvalue weighted by Gasteiger charge is -2.28. The van der Waals surface area contributed by atoms with Gasteiger partial charge in [-0.25, -0.2) is 9.78 Å². The minimum Gasteiger partial charge on any atom is -0.443 e. The second kappa shape index (κ2) is 8.77. The number of methoxy groups -OCH3 is 1. The molecule has 1 saturated carbocycles. The Balaban J connectivity index is 1.86. The molecule has 1 aliphatic carbocycles. The van der Waals surface area contributed by atoms with Gasteiger partial charge in [0.05, 0.1) is 12.3 Å². The van der Waals surface area contributed by atoms with Gasteiger partial charge in [0.2, 0.25) is 0 Å². The molecule has 9 nitrogen and oxygen atoms in total. The normalized spacial score (nSPS) is 19.5. The van der Waals surface area contributed by atoms with Gasteiger partial charge in [-0.1, -0.05) is 11.6 Å². The Morgan fingerprint density at radius 3 is 2.73 bits per heavy atom. The molecule has 1 unspecified atom stereocenters. The highest BCUT2D eigenvalue weighted by molar-refractivity contribution is 6.30. The molecular formula is C20H28ClN5O4. The van der Waals surface area contributed by atoms with E-state index in [1.165, 1.54) is 21.7 Å². The highest BCUT2D eigenvalue weighted by atomic mass is 35.5. The van der Waals surface area contributed by atoms with Gasteiger partial charge >= 0.3 is 6.09 Å². The van der Waals surface area contributed by atoms with Crippen LogP contribution in [0.2, 0.25) is 5.15 Å². The van der Waals surface area contributed by atoms with Gasteiger partial charge < -0.3 is 14.8 Å². The van der Waals surface area contributed by atoms with Crippen molar-refractivity contribution in [3.05, 3.63) is 23.0 Å². The smallest absolute Gasteiger partial charge is 0.415 e. The quantitative estimate of drug-likeness (QED) is 0.735. The molecule has 2 aromatic heterocycles. The van der Waals surface area contributed by atoms with Crippen LogP contribution in [0.25, 0.3) is 5.65 Å². The molecule has 164 valence electrons. The number of hydrogen-bond acceptors (Lipinski definition) is 6. The van der Waals surface area contributed by atoms with Gasteiger partial charge in [0.15, 0.2) is 5.65 Å². The molecule has 1 N–H and O–H groups in total. The molecule has 0 spiro atoms. The van der Waals surface area contributed by atoms with Crippen molar-refractivity contribution in [3.8, 4) is 0 Å². The molecule has 0 radical (unpaired) electrons. The fraction of sp³-hybridized carbons (Fsp3) is 0.600. The Morgan fingerprint density at radius 2 is 2.07 bits per heavy atom. The van der Waals surface area contributed by atoms with Crippen molar-refractivity contribution in [3.63, 3.8) is 0 Å². The number of nitrogens with zero attached hydrogens (tertiary/aromatic N) is 4. The van der Waals surface area contributed by atoms with Gasteiger partial charge in [0.25, 0.3) is 5.91 Å². The van der Waals surface area contributed by atoms with Crippen LogP contribution in [0.15, 0.2) is 12.3 Å². The summed E-state index contributed by atoms with van der Waals surface area (Å²) in [6, 6.07) is 1.52. The van der Waals surface area contributed by atoms with E-state index in [4.69, 9.17) is 21.1 Å². The molecule has 0 saturated heterocycles. The van der Waals surface area contributed by atoms with Crippen LogP contribution in [0.3, 0.4) is 0 Å². The van der Waals surface area contributed by atoms with Gasteiger partial charge in [0.1, 0.15) is 22.1 Å². The van der Waals surface area contributed by atoms with Gasteiger partial charge in [-0.15, -0.1) is 0 Å². The summed E-state index contributed by atoms with van der Waals surface area (Å²) in [6.07, 6.45) is 4.66. The molecule has 2 aromatic rings. The minimum atomic E-state index is -0.656. The lowest BCUT2D eigenvalue weighted by Crippen LogP contribution is -2.40. The van der Waals surface area contributed by atoms with Crippen LogP contribution in [0.4, 0.5) is 10.6 Å². The maximum Gasteiger partial charge on any atom is 0.415 e. The standard InChI is InChI=1S/C20H28ClN5O4/c1-20(2,3)30-19(28)25(4)16-10-15(21)24-17-14(11-22-26(16)17)18(27)23-12-7-6-8-13(9-12)29-5/h10-13H,6-9H2,1-5H3,(H,23,27)/t12?,13-/m1/s1. The molecule has 2 atom stereocenters. The number of carbonyl (C=O) groups is 2. The first-order valence-electron chi connectivity index (χ1n) is 9.93. The predicted octanol–water partition coefficient (Wildman–Crippen LogP) is 3.44. The van der Waals surface area contributed by atoms with Crippen LogP contribution >= 0.6 is 11.6 Å². The minimum absolute atomic E-state index is 0.0224. The zero-order valence-corrected chi connectivity index (χ0v) is 18.7. The third kappa shape index (κ3) is 5.02. The zero-order chi connectivity index (χ0) is 22.1. The molecule has 0 aliphatic heterocycles. The Bertz CT molecular complexity index is 939. The summed E-state index contributed by atoms with van der Waals surface area (Å²) in [5.41, 5.74) is -0.100. The van der Waals surface area contributed by atoms with Crippen molar-refractivity contribution < 1.29 is 19.1 Å². The summed E-state index contributed by atoms with van der Waals surface area (Å²) in [5.74, 6) is 0.0582. The Morgan fingerprint density at radius 1 is 1.33 bits per heavy atom. The molecule has 30 heavy (non-hydrogen) atoms. The Kier molecular flexibility index (Phi) is 6.52. The van der Waals surface area contributed by atoms with Crippen molar-refractivity contribution in [2.75, 3.05) is 19.1 Å². The van der Waals surface area contributed by atoms with E-state index >= 15 is 0 Å². The Labute approximate surface area is 180 Å². The molecule has 0 bridgehead atoms. The van der Waals surface area contributed by atoms with E-state index in [0.29, 0.717) is 5.82 Å². The molecular weight excluding hydrogens is 410 g/mol. The van der Waals surface area contributed by atoms with Gasteiger partial charge in [-0.2, -0.15) is 9.61 Å². The van der Waals surface area contributed by atoms with Crippen LogP contribution in [0.5, 0.6) is 0 Å². The lowest BCUT2D eigenvalue weighted by molar-refractivity contribution is 0.0561. The maximum absolute atomic E-state index is 12.9. The van der Waals surface area contributed by atoms with Crippen molar-refractivity contribution in [2.45, 2.75) is 64.2 Å². The summed E-state index contributed by atoms with van der Waals surface area (Å²) in [5, 5.41) is 7.44. The molecule has 3 rings (SSSR count). The van der Waals surface area contributed by atoms with Crippen LogP contribution in [0, 0.1) is 0 Å². The number of rotatable bonds is 4. The molecule has 2 amide bonds. The van der Waals surface area contributed by atoms with E-state index in [2.05, 4.69) is 15.4 Å². The fourth-order valence-corrected chi connectivity index (χ4v) is 3.67. The van der Waals surface area contributed by atoms with E-state index in [-0.39, 0.29) is 34.4 Å². The summed E-state index contributed by atoms with van der Waals surface area (Å²) < 4.78 is 12.2. The number of hydrogen-bond donors (Lipinski definition) is 1. The number of carbonyl (C=O) groups excluding carboxylic acids is 2. The highest BCUT2D eigenvalue weighted by Gasteiger charge is 2.27.